The molecule has 1 aliphatic carbocycles. The van der Waals surface area contributed by atoms with E-state index in [2.05, 4.69) is 10.6 Å². The zero-order valence-electron chi connectivity index (χ0n) is 14.8. The first kappa shape index (κ1) is 18.1. The molecular weight excluding hydrogens is 331 g/mol. The molecule has 1 fully saturated rings. The Morgan fingerprint density at radius 3 is 2.35 bits per heavy atom. The van der Waals surface area contributed by atoms with E-state index < -0.39 is 5.41 Å². The van der Waals surface area contributed by atoms with Gasteiger partial charge in [0.25, 0.3) is 0 Å². The Balaban J connectivity index is 1.53. The summed E-state index contributed by atoms with van der Waals surface area (Å²) in [5.74, 6) is -0.791. The van der Waals surface area contributed by atoms with E-state index in [4.69, 9.17) is 0 Å². The molecular formula is C21H23FN2O2. The van der Waals surface area contributed by atoms with Gasteiger partial charge in [-0.25, -0.2) is 4.39 Å². The molecule has 4 nitrogen and oxygen atoms in total. The van der Waals surface area contributed by atoms with Crippen molar-refractivity contribution in [3.05, 3.63) is 71.5 Å². The highest BCUT2D eigenvalue weighted by Gasteiger charge is 2.56. The molecule has 2 aromatic carbocycles. The van der Waals surface area contributed by atoms with Crippen molar-refractivity contribution in [3.63, 3.8) is 0 Å². The third-order valence-corrected chi connectivity index (χ3v) is 4.90. The van der Waals surface area contributed by atoms with Crippen molar-refractivity contribution in [2.75, 3.05) is 6.54 Å². The first-order chi connectivity index (χ1) is 12.5. The van der Waals surface area contributed by atoms with Gasteiger partial charge in [-0.2, -0.15) is 0 Å². The van der Waals surface area contributed by atoms with Gasteiger partial charge in [0.1, 0.15) is 11.2 Å². The summed E-state index contributed by atoms with van der Waals surface area (Å²) in [5.41, 5.74) is 0.578. The number of carbonyl (C=O) groups excluding carboxylic acids is 2. The van der Waals surface area contributed by atoms with Crippen molar-refractivity contribution >= 4 is 11.8 Å². The van der Waals surface area contributed by atoms with Gasteiger partial charge in [0.05, 0.1) is 6.04 Å². The molecule has 0 aromatic heterocycles. The summed E-state index contributed by atoms with van der Waals surface area (Å²) in [4.78, 5) is 25.1. The maximum atomic E-state index is 13.6. The topological polar surface area (TPSA) is 58.2 Å². The summed E-state index contributed by atoms with van der Waals surface area (Å²) in [7, 11) is 0. The number of hydrogen-bond acceptors (Lipinski definition) is 2. The Morgan fingerprint density at radius 1 is 1.04 bits per heavy atom. The molecule has 0 bridgehead atoms. The molecule has 0 radical (unpaired) electrons. The third-order valence-electron chi connectivity index (χ3n) is 4.90. The molecule has 0 aliphatic heterocycles. The van der Waals surface area contributed by atoms with Crippen molar-refractivity contribution in [3.8, 4) is 0 Å². The molecule has 0 saturated heterocycles. The van der Waals surface area contributed by atoms with E-state index in [1.807, 2.05) is 37.3 Å². The second-order valence-electron chi connectivity index (χ2n) is 6.79. The maximum Gasteiger partial charge on any atom is 0.236 e. The standard InChI is InChI=1S/C21H23FN2O2/c1-15(16-7-3-2-4-8-16)24-20(26)21(12-13-21)19(25)23-14-11-17-9-5-6-10-18(17)22/h2-10,15H,11-14H2,1H3,(H,23,25)(H,24,26). The second-order valence-corrected chi connectivity index (χ2v) is 6.79. The molecule has 1 unspecified atom stereocenters. The van der Waals surface area contributed by atoms with Crippen LogP contribution in [0.2, 0.25) is 0 Å². The first-order valence-corrected chi connectivity index (χ1v) is 8.90. The molecule has 0 spiro atoms. The van der Waals surface area contributed by atoms with Gasteiger partial charge in [0.2, 0.25) is 11.8 Å². The molecule has 1 atom stereocenters. The van der Waals surface area contributed by atoms with Crippen LogP contribution in [-0.2, 0) is 16.0 Å². The summed E-state index contributed by atoms with van der Waals surface area (Å²) in [6.07, 6.45) is 1.49. The van der Waals surface area contributed by atoms with E-state index in [1.165, 1.54) is 6.07 Å². The SMILES string of the molecule is CC(NC(=O)C1(C(=O)NCCc2ccccc2F)CC1)c1ccccc1. The quantitative estimate of drug-likeness (QED) is 0.751. The van der Waals surface area contributed by atoms with Crippen LogP contribution in [0.15, 0.2) is 54.6 Å². The fourth-order valence-electron chi connectivity index (χ4n) is 3.02. The van der Waals surface area contributed by atoms with E-state index in [-0.39, 0.29) is 23.7 Å². The summed E-state index contributed by atoms with van der Waals surface area (Å²) >= 11 is 0. The minimum absolute atomic E-state index is 0.160. The highest BCUT2D eigenvalue weighted by molar-refractivity contribution is 6.07. The lowest BCUT2D eigenvalue weighted by atomic mass is 10.0. The van der Waals surface area contributed by atoms with Crippen molar-refractivity contribution < 1.29 is 14.0 Å². The Hall–Kier alpha value is -2.69. The predicted octanol–water partition coefficient (Wildman–Crippen LogP) is 3.14. The van der Waals surface area contributed by atoms with E-state index in [0.717, 1.165) is 5.56 Å². The lowest BCUT2D eigenvalue weighted by molar-refractivity contribution is -0.137. The summed E-state index contributed by atoms with van der Waals surface area (Å²) in [6.45, 7) is 2.21. The van der Waals surface area contributed by atoms with Crippen LogP contribution in [0.25, 0.3) is 0 Å². The van der Waals surface area contributed by atoms with Gasteiger partial charge in [0.15, 0.2) is 0 Å². The van der Waals surface area contributed by atoms with Crippen molar-refractivity contribution in [2.24, 2.45) is 5.41 Å². The largest absolute Gasteiger partial charge is 0.355 e. The van der Waals surface area contributed by atoms with Gasteiger partial charge in [-0.15, -0.1) is 0 Å². The summed E-state index contributed by atoms with van der Waals surface area (Å²) in [6, 6.07) is 16.0. The van der Waals surface area contributed by atoms with Gasteiger partial charge < -0.3 is 10.6 Å². The zero-order valence-corrected chi connectivity index (χ0v) is 14.8. The maximum absolute atomic E-state index is 13.6. The number of carbonyl (C=O) groups is 2. The van der Waals surface area contributed by atoms with Crippen LogP contribution < -0.4 is 10.6 Å². The summed E-state index contributed by atoms with van der Waals surface area (Å²) in [5, 5.41) is 5.73. The minimum atomic E-state index is -0.974. The lowest BCUT2D eigenvalue weighted by Gasteiger charge is -2.19. The average Bonchev–Trinajstić information content (AvgIpc) is 3.46. The van der Waals surface area contributed by atoms with Crippen LogP contribution in [0.3, 0.4) is 0 Å². The molecule has 136 valence electrons. The third kappa shape index (κ3) is 3.93. The predicted molar refractivity (Wildman–Crippen MR) is 97.8 cm³/mol. The molecule has 1 aliphatic rings. The van der Waals surface area contributed by atoms with E-state index >= 15 is 0 Å². The van der Waals surface area contributed by atoms with Crippen LogP contribution >= 0.6 is 0 Å². The number of hydrogen-bond donors (Lipinski definition) is 2. The van der Waals surface area contributed by atoms with E-state index in [9.17, 15) is 14.0 Å². The van der Waals surface area contributed by atoms with Crippen LogP contribution in [0.4, 0.5) is 4.39 Å². The monoisotopic (exact) mass is 354 g/mol. The van der Waals surface area contributed by atoms with Crippen molar-refractivity contribution in [1.29, 1.82) is 0 Å². The van der Waals surface area contributed by atoms with Crippen LogP contribution in [0.1, 0.15) is 36.9 Å². The highest BCUT2D eigenvalue weighted by atomic mass is 19.1. The van der Waals surface area contributed by atoms with Gasteiger partial charge in [-0.3, -0.25) is 9.59 Å². The molecule has 0 heterocycles. The Morgan fingerprint density at radius 2 is 1.69 bits per heavy atom. The van der Waals surface area contributed by atoms with Gasteiger partial charge >= 0.3 is 0 Å². The Bertz CT molecular complexity index is 788. The summed E-state index contributed by atoms with van der Waals surface area (Å²) < 4.78 is 13.6. The molecule has 5 heteroatoms. The fraction of sp³-hybridized carbons (Fsp3) is 0.333. The number of benzene rings is 2. The number of halogens is 1. The van der Waals surface area contributed by atoms with Crippen molar-refractivity contribution in [2.45, 2.75) is 32.2 Å². The molecule has 2 amide bonds. The second kappa shape index (κ2) is 7.68. The van der Waals surface area contributed by atoms with E-state index in [1.54, 1.807) is 18.2 Å². The van der Waals surface area contributed by atoms with E-state index in [0.29, 0.717) is 31.4 Å². The van der Waals surface area contributed by atoms with Gasteiger partial charge in [-0.05, 0) is 43.4 Å². The lowest BCUT2D eigenvalue weighted by Crippen LogP contribution is -2.44. The Labute approximate surface area is 152 Å². The smallest absolute Gasteiger partial charge is 0.236 e. The van der Waals surface area contributed by atoms with Gasteiger partial charge in [-0.1, -0.05) is 48.5 Å². The van der Waals surface area contributed by atoms with Crippen LogP contribution in [0.5, 0.6) is 0 Å². The fourth-order valence-corrected chi connectivity index (χ4v) is 3.02. The highest BCUT2D eigenvalue weighted by Crippen LogP contribution is 2.46. The van der Waals surface area contributed by atoms with Crippen LogP contribution in [0, 0.1) is 11.2 Å². The molecule has 1 saturated carbocycles. The number of rotatable bonds is 7. The number of amides is 2. The zero-order chi connectivity index (χ0) is 18.6. The minimum Gasteiger partial charge on any atom is -0.355 e. The Kier molecular flexibility index (Phi) is 5.35. The first-order valence-electron chi connectivity index (χ1n) is 8.90. The van der Waals surface area contributed by atoms with Gasteiger partial charge in [0, 0.05) is 6.54 Å². The molecule has 3 rings (SSSR count). The molecule has 2 N–H and O–H groups in total. The van der Waals surface area contributed by atoms with Crippen molar-refractivity contribution in [1.82, 2.24) is 10.6 Å². The molecule has 2 aromatic rings. The normalized spacial score (nSPS) is 15.8. The molecule has 26 heavy (non-hydrogen) atoms. The average molecular weight is 354 g/mol. The number of nitrogens with one attached hydrogen (secondary N) is 2. The van der Waals surface area contributed by atoms with Crippen LogP contribution in [-0.4, -0.2) is 18.4 Å².